The Labute approximate surface area is 151 Å². The smallest absolute Gasteiger partial charge is 0.289 e. The summed E-state index contributed by atoms with van der Waals surface area (Å²) < 4.78 is 5.79. The summed E-state index contributed by atoms with van der Waals surface area (Å²) in [4.78, 5) is 23.6. The molecule has 6 nitrogen and oxygen atoms in total. The number of piperidine rings is 1. The predicted molar refractivity (Wildman–Crippen MR) is 97.8 cm³/mol. The van der Waals surface area contributed by atoms with Crippen LogP contribution in [0.2, 0.25) is 0 Å². The number of fused-ring (bicyclic) bond motifs is 3. The number of aryl methyl sites for hydroxylation is 1. The fourth-order valence-corrected chi connectivity index (χ4v) is 4.50. The average molecular weight is 348 g/mol. The lowest BCUT2D eigenvalue weighted by molar-refractivity contribution is 0.0604. The maximum atomic E-state index is 13.1. The highest BCUT2D eigenvalue weighted by molar-refractivity contribution is 5.96. The first-order chi connectivity index (χ1) is 12.6. The third kappa shape index (κ3) is 2.29. The van der Waals surface area contributed by atoms with Gasteiger partial charge in [0.1, 0.15) is 5.58 Å². The topological polar surface area (TPSA) is 85.2 Å². The van der Waals surface area contributed by atoms with Crippen molar-refractivity contribution in [1.29, 1.82) is 0 Å². The molecule has 3 aromatic rings. The van der Waals surface area contributed by atoms with Gasteiger partial charge in [0.05, 0.1) is 5.69 Å². The average Bonchev–Trinajstić information content (AvgIpc) is 3.24. The van der Waals surface area contributed by atoms with Gasteiger partial charge in [0.2, 0.25) is 5.95 Å². The Balaban J connectivity index is 1.46. The van der Waals surface area contributed by atoms with Gasteiger partial charge in [-0.3, -0.25) is 4.79 Å². The molecule has 0 saturated carbocycles. The highest BCUT2D eigenvalue weighted by atomic mass is 16.3. The summed E-state index contributed by atoms with van der Waals surface area (Å²) in [5.41, 5.74) is 8.67. The number of likely N-dealkylation sites (tertiary alicyclic amines) is 1. The number of nitrogens with zero attached hydrogens (tertiary/aromatic N) is 3. The molecule has 2 aromatic heterocycles. The van der Waals surface area contributed by atoms with Crippen molar-refractivity contribution in [2.45, 2.75) is 31.1 Å². The molecule has 1 aliphatic carbocycles. The van der Waals surface area contributed by atoms with Crippen molar-refractivity contribution in [2.24, 2.45) is 0 Å². The number of aromatic nitrogens is 2. The number of benzene rings is 1. The van der Waals surface area contributed by atoms with Crippen LogP contribution in [0.15, 0.2) is 40.9 Å². The highest BCUT2D eigenvalue weighted by Gasteiger charge is 2.45. The summed E-state index contributed by atoms with van der Waals surface area (Å²) in [6.45, 7) is 1.40. The Morgan fingerprint density at radius 1 is 1.27 bits per heavy atom. The molecule has 0 radical (unpaired) electrons. The number of rotatable bonds is 1. The van der Waals surface area contributed by atoms with E-state index in [2.05, 4.69) is 9.97 Å². The molecule has 2 N–H and O–H groups in total. The third-order valence-corrected chi connectivity index (χ3v) is 5.76. The van der Waals surface area contributed by atoms with Gasteiger partial charge in [-0.2, -0.15) is 0 Å². The van der Waals surface area contributed by atoms with Crippen LogP contribution in [0.5, 0.6) is 0 Å². The number of nitrogens with two attached hydrogens (primary N) is 1. The van der Waals surface area contributed by atoms with Gasteiger partial charge < -0.3 is 15.1 Å². The number of carbonyl (C=O) groups excluding carboxylic acids is 1. The van der Waals surface area contributed by atoms with Gasteiger partial charge in [-0.25, -0.2) is 9.97 Å². The normalized spacial score (nSPS) is 22.1. The van der Waals surface area contributed by atoms with Gasteiger partial charge >= 0.3 is 0 Å². The minimum atomic E-state index is -0.105. The lowest BCUT2D eigenvalue weighted by atomic mass is 9.77. The van der Waals surface area contributed by atoms with Crippen LogP contribution in [-0.2, 0) is 11.8 Å². The minimum absolute atomic E-state index is 0.0456. The first-order valence-corrected chi connectivity index (χ1v) is 9.04. The molecule has 1 spiro atoms. The second kappa shape index (κ2) is 5.56. The molecule has 3 heterocycles. The van der Waals surface area contributed by atoms with Crippen LogP contribution in [-0.4, -0.2) is 33.9 Å². The van der Waals surface area contributed by atoms with Crippen LogP contribution in [0.25, 0.3) is 11.0 Å². The molecule has 0 bridgehead atoms. The van der Waals surface area contributed by atoms with Crippen LogP contribution < -0.4 is 5.73 Å². The summed E-state index contributed by atoms with van der Waals surface area (Å²) in [5.74, 6) is 0.671. The van der Waals surface area contributed by atoms with Crippen molar-refractivity contribution < 1.29 is 9.21 Å². The van der Waals surface area contributed by atoms with Crippen LogP contribution in [0.4, 0.5) is 5.95 Å². The zero-order valence-corrected chi connectivity index (χ0v) is 14.4. The van der Waals surface area contributed by atoms with Crippen LogP contribution in [0.3, 0.4) is 0 Å². The molecule has 1 amide bonds. The van der Waals surface area contributed by atoms with Crippen molar-refractivity contribution in [3.63, 3.8) is 0 Å². The molecule has 1 unspecified atom stereocenters. The molecular weight excluding hydrogens is 328 g/mol. The summed E-state index contributed by atoms with van der Waals surface area (Å²) in [6.07, 6.45) is 5.76. The molecule has 132 valence electrons. The fourth-order valence-electron chi connectivity index (χ4n) is 4.50. The summed E-state index contributed by atoms with van der Waals surface area (Å²) in [5, 5.41) is 0.953. The maximum Gasteiger partial charge on any atom is 0.289 e. The van der Waals surface area contributed by atoms with E-state index in [1.165, 1.54) is 0 Å². The monoisotopic (exact) mass is 348 g/mol. The van der Waals surface area contributed by atoms with Gasteiger partial charge in [0.25, 0.3) is 5.91 Å². The summed E-state index contributed by atoms with van der Waals surface area (Å²) in [6, 6.07) is 9.54. The van der Waals surface area contributed by atoms with E-state index < -0.39 is 0 Å². The fraction of sp³-hybridized carbons (Fsp3) is 0.350. The van der Waals surface area contributed by atoms with E-state index in [9.17, 15) is 4.79 Å². The van der Waals surface area contributed by atoms with Crippen molar-refractivity contribution in [1.82, 2.24) is 14.9 Å². The number of anilines is 1. The number of para-hydroxylation sites is 1. The Kier molecular flexibility index (Phi) is 3.29. The van der Waals surface area contributed by atoms with Gasteiger partial charge in [-0.05, 0) is 43.4 Å². The van der Waals surface area contributed by atoms with Crippen LogP contribution >= 0.6 is 0 Å². The Hall–Kier alpha value is -2.89. The number of hydrogen-bond donors (Lipinski definition) is 1. The van der Waals surface area contributed by atoms with Crippen molar-refractivity contribution in [2.75, 3.05) is 18.8 Å². The number of nitrogen functional groups attached to an aromatic ring is 1. The second-order valence-electron chi connectivity index (χ2n) is 7.36. The van der Waals surface area contributed by atoms with E-state index in [0.717, 1.165) is 54.5 Å². The second-order valence-corrected chi connectivity index (χ2v) is 7.36. The van der Waals surface area contributed by atoms with Gasteiger partial charge in [0, 0.05) is 30.1 Å². The van der Waals surface area contributed by atoms with E-state index in [1.807, 2.05) is 41.4 Å². The number of amides is 1. The predicted octanol–water partition coefficient (Wildman–Crippen LogP) is 2.93. The van der Waals surface area contributed by atoms with Crippen molar-refractivity contribution in [3.05, 3.63) is 53.5 Å². The molecule has 1 aliphatic heterocycles. The quantitative estimate of drug-likeness (QED) is 0.731. The van der Waals surface area contributed by atoms with Crippen LogP contribution in [0, 0.1) is 0 Å². The largest absolute Gasteiger partial charge is 0.451 e. The first-order valence-electron chi connectivity index (χ1n) is 9.04. The zero-order valence-electron chi connectivity index (χ0n) is 14.4. The third-order valence-electron chi connectivity index (χ3n) is 5.76. The lowest BCUT2D eigenvalue weighted by Crippen LogP contribution is -2.47. The van der Waals surface area contributed by atoms with Crippen LogP contribution in [0.1, 0.15) is 41.1 Å². The van der Waals surface area contributed by atoms with Gasteiger partial charge in [-0.1, -0.05) is 18.2 Å². The molecule has 1 fully saturated rings. The number of furan rings is 1. The lowest BCUT2D eigenvalue weighted by Gasteiger charge is -2.40. The number of hydrogen-bond acceptors (Lipinski definition) is 5. The SMILES string of the molecule is Nc1ncc2c(n1)C1(CCCN(C(=O)c3cc4ccccc4o3)C1)CC2. The van der Waals surface area contributed by atoms with E-state index in [4.69, 9.17) is 10.2 Å². The Bertz CT molecular complexity index is 975. The van der Waals surface area contributed by atoms with E-state index in [1.54, 1.807) is 0 Å². The molecule has 1 saturated heterocycles. The molecule has 1 aromatic carbocycles. The molecular formula is C20H20N4O2. The molecule has 26 heavy (non-hydrogen) atoms. The van der Waals surface area contributed by atoms with Crippen molar-refractivity contribution in [3.8, 4) is 0 Å². The molecule has 5 rings (SSSR count). The first kappa shape index (κ1) is 15.4. The Morgan fingerprint density at radius 2 is 2.15 bits per heavy atom. The van der Waals surface area contributed by atoms with E-state index in [-0.39, 0.29) is 11.3 Å². The van der Waals surface area contributed by atoms with E-state index in [0.29, 0.717) is 18.3 Å². The molecule has 6 heteroatoms. The number of carbonyl (C=O) groups is 1. The van der Waals surface area contributed by atoms with Gasteiger partial charge in [-0.15, -0.1) is 0 Å². The molecule has 1 atom stereocenters. The molecule has 2 aliphatic rings. The highest BCUT2D eigenvalue weighted by Crippen LogP contribution is 2.44. The van der Waals surface area contributed by atoms with Crippen molar-refractivity contribution >= 4 is 22.8 Å². The zero-order chi connectivity index (χ0) is 17.7. The van der Waals surface area contributed by atoms with Gasteiger partial charge in [0.15, 0.2) is 5.76 Å². The van der Waals surface area contributed by atoms with E-state index >= 15 is 0 Å². The maximum absolute atomic E-state index is 13.1. The standard InChI is InChI=1S/C20H20N4O2/c21-19-22-11-14-6-8-20(17(14)23-19)7-3-9-24(12-20)18(25)16-10-13-4-1-2-5-15(13)26-16/h1-2,4-5,10-11H,3,6-9,12H2,(H2,21,22,23). The minimum Gasteiger partial charge on any atom is -0.451 e. The Morgan fingerprint density at radius 3 is 3.04 bits per heavy atom. The summed E-state index contributed by atoms with van der Waals surface area (Å²) in [7, 11) is 0. The summed E-state index contributed by atoms with van der Waals surface area (Å²) >= 11 is 0.